The molecule has 1 aromatic heterocycles. The van der Waals surface area contributed by atoms with Gasteiger partial charge in [0.1, 0.15) is 5.75 Å². The van der Waals surface area contributed by atoms with Gasteiger partial charge in [-0.1, -0.05) is 26.0 Å². The van der Waals surface area contributed by atoms with Gasteiger partial charge in [0.05, 0.1) is 13.7 Å². The molecule has 1 N–H and O–H groups in total. The molecule has 32 heavy (non-hydrogen) atoms. The lowest BCUT2D eigenvalue weighted by atomic mass is 9.97. The van der Waals surface area contributed by atoms with Crippen LogP contribution in [0.2, 0.25) is 0 Å². The molecule has 0 spiro atoms. The van der Waals surface area contributed by atoms with E-state index in [1.807, 2.05) is 0 Å². The van der Waals surface area contributed by atoms with Crippen LogP contribution in [0.5, 0.6) is 5.75 Å². The van der Waals surface area contributed by atoms with Crippen molar-refractivity contribution in [3.05, 3.63) is 47.3 Å². The number of aryl methyl sites for hydroxylation is 1. The summed E-state index contributed by atoms with van der Waals surface area (Å²) in [4.78, 5) is 22.4. The maximum Gasteiger partial charge on any atom is 0.356 e. The molecule has 0 atom stereocenters. The van der Waals surface area contributed by atoms with Crippen LogP contribution in [0.1, 0.15) is 60.6 Å². The molecule has 0 aliphatic carbocycles. The minimum atomic E-state index is -0.454. The first-order chi connectivity index (χ1) is 15.5. The van der Waals surface area contributed by atoms with E-state index in [1.54, 1.807) is 12.3 Å². The number of carbonyl (C=O) groups is 1. The highest BCUT2D eigenvalue weighted by atomic mass is 16.5. The molecule has 1 saturated heterocycles. The number of hydrogen-bond donors (Lipinski definition) is 1. The fourth-order valence-electron chi connectivity index (χ4n) is 3.99. The molecule has 1 aromatic carbocycles. The van der Waals surface area contributed by atoms with E-state index in [0.717, 1.165) is 45.0 Å². The van der Waals surface area contributed by atoms with Gasteiger partial charge in [0.25, 0.3) is 0 Å². The summed E-state index contributed by atoms with van der Waals surface area (Å²) in [5, 5.41) is 3.19. The number of esters is 1. The number of likely N-dealkylation sites (tertiary alicyclic amines) is 1. The predicted octanol–water partition coefficient (Wildman–Crippen LogP) is 4.29. The molecule has 1 aliphatic heterocycles. The zero-order valence-electron chi connectivity index (χ0n) is 19.8. The van der Waals surface area contributed by atoms with Crippen molar-refractivity contribution in [2.45, 2.75) is 46.0 Å². The molecule has 0 saturated carbocycles. The highest BCUT2D eigenvalue weighted by molar-refractivity contribution is 5.87. The van der Waals surface area contributed by atoms with Crippen molar-refractivity contribution in [2.75, 3.05) is 45.2 Å². The molecule has 7 nitrogen and oxygen atoms in total. The number of piperidine rings is 1. The van der Waals surface area contributed by atoms with Crippen molar-refractivity contribution in [3.63, 3.8) is 0 Å². The summed E-state index contributed by atoms with van der Waals surface area (Å²) in [7, 11) is 1.35. The lowest BCUT2D eigenvalue weighted by Crippen LogP contribution is -2.36. The molecule has 1 fully saturated rings. The topological polar surface area (TPSA) is 76.6 Å². The first-order valence-corrected chi connectivity index (χ1v) is 11.6. The Morgan fingerprint density at radius 3 is 2.75 bits per heavy atom. The van der Waals surface area contributed by atoms with Gasteiger partial charge < -0.3 is 19.7 Å². The first kappa shape index (κ1) is 24.0. The van der Waals surface area contributed by atoms with Crippen molar-refractivity contribution in [1.82, 2.24) is 14.9 Å². The van der Waals surface area contributed by atoms with Crippen LogP contribution in [0, 0.1) is 12.8 Å². The molecular formula is C25H36N4O3. The molecule has 0 amide bonds. The number of rotatable bonds is 10. The number of aromatic nitrogens is 2. The monoisotopic (exact) mass is 440 g/mol. The van der Waals surface area contributed by atoms with Gasteiger partial charge in [-0.2, -0.15) is 0 Å². The molecular weight excluding hydrogens is 404 g/mol. The van der Waals surface area contributed by atoms with Gasteiger partial charge in [-0.25, -0.2) is 14.8 Å². The van der Waals surface area contributed by atoms with Gasteiger partial charge >= 0.3 is 5.97 Å². The van der Waals surface area contributed by atoms with Crippen LogP contribution >= 0.6 is 0 Å². The maximum atomic E-state index is 11.6. The van der Waals surface area contributed by atoms with Crippen LogP contribution in [-0.2, 0) is 4.74 Å². The third-order valence-corrected chi connectivity index (χ3v) is 5.96. The third-order valence-electron chi connectivity index (χ3n) is 5.96. The Kier molecular flexibility index (Phi) is 8.85. The van der Waals surface area contributed by atoms with Crippen LogP contribution < -0.4 is 10.1 Å². The second-order valence-corrected chi connectivity index (χ2v) is 8.83. The zero-order valence-corrected chi connectivity index (χ0v) is 19.8. The molecule has 0 bridgehead atoms. The van der Waals surface area contributed by atoms with Crippen LogP contribution in [0.15, 0.2) is 30.5 Å². The average Bonchev–Trinajstić information content (AvgIpc) is 2.80. The van der Waals surface area contributed by atoms with Crippen molar-refractivity contribution < 1.29 is 14.3 Å². The van der Waals surface area contributed by atoms with Gasteiger partial charge in [0.15, 0.2) is 5.69 Å². The Morgan fingerprint density at radius 2 is 2.03 bits per heavy atom. The highest BCUT2D eigenvalue weighted by Crippen LogP contribution is 2.29. The lowest BCUT2D eigenvalue weighted by molar-refractivity contribution is 0.0594. The summed E-state index contributed by atoms with van der Waals surface area (Å²) in [6.07, 6.45) is 4.89. The van der Waals surface area contributed by atoms with E-state index in [1.165, 1.54) is 31.1 Å². The van der Waals surface area contributed by atoms with Crippen molar-refractivity contribution in [2.24, 2.45) is 5.92 Å². The number of benzene rings is 1. The molecule has 1 aliphatic rings. The average molecular weight is 441 g/mol. The molecule has 3 rings (SSSR count). The summed E-state index contributed by atoms with van der Waals surface area (Å²) in [5.41, 5.74) is 2.80. The fraction of sp³-hybridized carbons (Fsp3) is 0.560. The minimum absolute atomic E-state index is 0.264. The van der Waals surface area contributed by atoms with E-state index < -0.39 is 5.97 Å². The van der Waals surface area contributed by atoms with Crippen LogP contribution in [-0.4, -0.2) is 60.7 Å². The predicted molar refractivity (Wildman–Crippen MR) is 126 cm³/mol. The Morgan fingerprint density at radius 1 is 1.25 bits per heavy atom. The Balaban J connectivity index is 1.35. The molecule has 2 heterocycles. The second kappa shape index (κ2) is 11.8. The van der Waals surface area contributed by atoms with Crippen molar-refractivity contribution in [3.8, 4) is 5.75 Å². The molecule has 7 heteroatoms. The summed E-state index contributed by atoms with van der Waals surface area (Å²) in [6.45, 7) is 11.4. The number of ether oxygens (including phenoxy) is 2. The van der Waals surface area contributed by atoms with Crippen LogP contribution in [0.4, 0.5) is 5.95 Å². The number of hydrogen-bond acceptors (Lipinski definition) is 7. The zero-order chi connectivity index (χ0) is 22.9. The molecule has 2 aromatic rings. The van der Waals surface area contributed by atoms with Crippen molar-refractivity contribution in [1.29, 1.82) is 0 Å². The van der Waals surface area contributed by atoms with E-state index in [9.17, 15) is 4.79 Å². The summed E-state index contributed by atoms with van der Waals surface area (Å²) >= 11 is 0. The van der Waals surface area contributed by atoms with E-state index in [4.69, 9.17) is 9.47 Å². The normalized spacial score (nSPS) is 15.0. The van der Waals surface area contributed by atoms with Crippen molar-refractivity contribution >= 4 is 11.9 Å². The SMILES string of the molecule is COC(=O)c1ccnc(NCCCN2CCC(COc3cc(C)ccc3C(C)C)CC2)n1. The van der Waals surface area contributed by atoms with E-state index in [2.05, 4.69) is 59.2 Å². The summed E-state index contributed by atoms with van der Waals surface area (Å²) in [6, 6.07) is 8.08. The standard InChI is InChI=1S/C25H36N4O3/c1-18(2)21-7-6-19(3)16-23(21)32-17-20-9-14-29(15-10-20)13-5-11-26-25-27-12-8-22(28-25)24(30)31-4/h6-8,12,16,18,20H,5,9-11,13-15,17H2,1-4H3,(H,26,27,28). The number of carbonyl (C=O) groups excluding carboxylic acids is 1. The van der Waals surface area contributed by atoms with Gasteiger partial charge in [-0.05, 0) is 80.9 Å². The molecule has 0 radical (unpaired) electrons. The van der Waals surface area contributed by atoms with Crippen LogP contribution in [0.25, 0.3) is 0 Å². The lowest BCUT2D eigenvalue weighted by Gasteiger charge is -2.32. The number of anilines is 1. The van der Waals surface area contributed by atoms with Gasteiger partial charge in [-0.3, -0.25) is 0 Å². The molecule has 174 valence electrons. The van der Waals surface area contributed by atoms with Gasteiger partial charge in [0.2, 0.25) is 5.95 Å². The Bertz CT molecular complexity index is 879. The third kappa shape index (κ3) is 6.92. The van der Waals surface area contributed by atoms with Crippen LogP contribution in [0.3, 0.4) is 0 Å². The smallest absolute Gasteiger partial charge is 0.356 e. The van der Waals surface area contributed by atoms with E-state index >= 15 is 0 Å². The summed E-state index contributed by atoms with van der Waals surface area (Å²) < 4.78 is 11.0. The largest absolute Gasteiger partial charge is 0.493 e. The van der Waals surface area contributed by atoms with Gasteiger partial charge in [0, 0.05) is 12.7 Å². The number of nitrogens with one attached hydrogen (secondary N) is 1. The number of nitrogens with zero attached hydrogens (tertiary/aromatic N) is 3. The summed E-state index contributed by atoms with van der Waals surface area (Å²) in [5.74, 6) is 2.13. The fourth-order valence-corrected chi connectivity index (χ4v) is 3.99. The number of methoxy groups -OCH3 is 1. The second-order valence-electron chi connectivity index (χ2n) is 8.83. The maximum absolute atomic E-state index is 11.6. The Hall–Kier alpha value is -2.67. The molecule has 0 unspecified atom stereocenters. The minimum Gasteiger partial charge on any atom is -0.493 e. The van der Waals surface area contributed by atoms with E-state index in [-0.39, 0.29) is 5.69 Å². The first-order valence-electron chi connectivity index (χ1n) is 11.6. The van der Waals surface area contributed by atoms with Gasteiger partial charge in [-0.15, -0.1) is 0 Å². The van der Waals surface area contributed by atoms with E-state index in [0.29, 0.717) is 17.8 Å². The quantitative estimate of drug-likeness (QED) is 0.436. The Labute approximate surface area is 191 Å². The highest BCUT2D eigenvalue weighted by Gasteiger charge is 2.20.